The third-order valence-corrected chi connectivity index (χ3v) is 3.68. The quantitative estimate of drug-likeness (QED) is 0.732. The summed E-state index contributed by atoms with van der Waals surface area (Å²) in [5.41, 5.74) is 4.52. The van der Waals surface area contributed by atoms with Crippen LogP contribution in [0.25, 0.3) is 0 Å². The SMILES string of the molecule is Cc1cccc(OCCNCc2c(C)nn(CCO)c2C)c1. The standard InChI is InChI=1S/C17H25N3O2/c1-13-5-4-6-16(11-13)22-10-7-18-12-17-14(2)19-20(8-9-21)15(17)3/h4-6,11,18,21H,7-10,12H2,1-3H3. The van der Waals surface area contributed by atoms with Crippen LogP contribution in [0.4, 0.5) is 0 Å². The van der Waals surface area contributed by atoms with Crippen molar-refractivity contribution in [3.63, 3.8) is 0 Å². The molecule has 0 saturated heterocycles. The van der Waals surface area contributed by atoms with Crippen LogP contribution < -0.4 is 10.1 Å². The number of ether oxygens (including phenoxy) is 1. The summed E-state index contributed by atoms with van der Waals surface area (Å²) in [6.45, 7) is 8.92. The van der Waals surface area contributed by atoms with E-state index in [1.165, 1.54) is 11.1 Å². The van der Waals surface area contributed by atoms with E-state index in [2.05, 4.69) is 23.4 Å². The zero-order valence-corrected chi connectivity index (χ0v) is 13.6. The molecule has 0 spiro atoms. The largest absolute Gasteiger partial charge is 0.492 e. The molecule has 5 heteroatoms. The Kier molecular flexibility index (Phi) is 5.98. The lowest BCUT2D eigenvalue weighted by Crippen LogP contribution is -2.21. The molecule has 1 aromatic carbocycles. The molecule has 0 aliphatic rings. The van der Waals surface area contributed by atoms with Crippen LogP contribution in [0.5, 0.6) is 5.75 Å². The first kappa shape index (κ1) is 16.5. The van der Waals surface area contributed by atoms with Gasteiger partial charge in [-0.2, -0.15) is 5.10 Å². The Hall–Kier alpha value is -1.85. The summed E-state index contributed by atoms with van der Waals surface area (Å²) in [5, 5.41) is 16.8. The maximum absolute atomic E-state index is 9.03. The van der Waals surface area contributed by atoms with Crippen LogP contribution in [0, 0.1) is 20.8 Å². The highest BCUT2D eigenvalue weighted by atomic mass is 16.5. The van der Waals surface area contributed by atoms with Crippen molar-refractivity contribution in [2.75, 3.05) is 19.8 Å². The second-order valence-electron chi connectivity index (χ2n) is 5.44. The number of nitrogens with zero attached hydrogens (tertiary/aromatic N) is 2. The third-order valence-electron chi connectivity index (χ3n) is 3.68. The molecule has 0 radical (unpaired) electrons. The molecule has 5 nitrogen and oxygen atoms in total. The molecule has 0 fully saturated rings. The van der Waals surface area contributed by atoms with Crippen molar-refractivity contribution in [2.45, 2.75) is 33.9 Å². The van der Waals surface area contributed by atoms with Gasteiger partial charge in [-0.1, -0.05) is 12.1 Å². The summed E-state index contributed by atoms with van der Waals surface area (Å²) in [7, 11) is 0. The molecular formula is C17H25N3O2. The van der Waals surface area contributed by atoms with Gasteiger partial charge in [0.15, 0.2) is 0 Å². The fourth-order valence-corrected chi connectivity index (χ4v) is 2.46. The van der Waals surface area contributed by atoms with E-state index >= 15 is 0 Å². The van der Waals surface area contributed by atoms with Crippen molar-refractivity contribution >= 4 is 0 Å². The van der Waals surface area contributed by atoms with Gasteiger partial charge < -0.3 is 15.2 Å². The van der Waals surface area contributed by atoms with Gasteiger partial charge in [-0.05, 0) is 38.5 Å². The third kappa shape index (κ3) is 4.32. The summed E-state index contributed by atoms with van der Waals surface area (Å²) >= 11 is 0. The molecule has 2 rings (SSSR count). The molecule has 2 aromatic rings. The van der Waals surface area contributed by atoms with Gasteiger partial charge in [0.05, 0.1) is 18.8 Å². The first-order chi connectivity index (χ1) is 10.6. The van der Waals surface area contributed by atoms with Crippen molar-refractivity contribution in [3.8, 4) is 5.75 Å². The number of rotatable bonds is 8. The lowest BCUT2D eigenvalue weighted by Gasteiger charge is -2.09. The molecular weight excluding hydrogens is 278 g/mol. The molecule has 0 saturated carbocycles. The van der Waals surface area contributed by atoms with Gasteiger partial charge in [-0.15, -0.1) is 0 Å². The van der Waals surface area contributed by atoms with Gasteiger partial charge >= 0.3 is 0 Å². The summed E-state index contributed by atoms with van der Waals surface area (Å²) in [4.78, 5) is 0. The number of aromatic nitrogens is 2. The number of aryl methyl sites for hydroxylation is 2. The van der Waals surface area contributed by atoms with Gasteiger partial charge in [0.2, 0.25) is 0 Å². The summed E-state index contributed by atoms with van der Waals surface area (Å²) in [6, 6.07) is 8.06. The fraction of sp³-hybridized carbons (Fsp3) is 0.471. The molecule has 2 N–H and O–H groups in total. The Morgan fingerprint density at radius 1 is 1.27 bits per heavy atom. The van der Waals surface area contributed by atoms with E-state index < -0.39 is 0 Å². The number of nitrogens with one attached hydrogen (secondary N) is 1. The number of aliphatic hydroxyl groups is 1. The van der Waals surface area contributed by atoms with Crippen LogP contribution in [0.1, 0.15) is 22.5 Å². The van der Waals surface area contributed by atoms with Gasteiger partial charge in [0, 0.05) is 24.3 Å². The van der Waals surface area contributed by atoms with Crippen LogP contribution in [-0.4, -0.2) is 34.6 Å². The van der Waals surface area contributed by atoms with E-state index in [9.17, 15) is 0 Å². The summed E-state index contributed by atoms with van der Waals surface area (Å²) in [5.74, 6) is 0.907. The predicted molar refractivity (Wildman–Crippen MR) is 87.2 cm³/mol. The van der Waals surface area contributed by atoms with Crippen molar-refractivity contribution in [3.05, 3.63) is 46.8 Å². The van der Waals surface area contributed by atoms with Crippen molar-refractivity contribution < 1.29 is 9.84 Å². The molecule has 0 amide bonds. The van der Waals surface area contributed by atoms with Crippen molar-refractivity contribution in [2.24, 2.45) is 0 Å². The van der Waals surface area contributed by atoms with Gasteiger partial charge in [-0.3, -0.25) is 4.68 Å². The second-order valence-corrected chi connectivity index (χ2v) is 5.44. The van der Waals surface area contributed by atoms with Crippen LogP contribution in [0.15, 0.2) is 24.3 Å². The van der Waals surface area contributed by atoms with Crippen molar-refractivity contribution in [1.82, 2.24) is 15.1 Å². The predicted octanol–water partition coefficient (Wildman–Crippen LogP) is 1.97. The van der Waals surface area contributed by atoms with E-state index in [1.54, 1.807) is 0 Å². The van der Waals surface area contributed by atoms with Crippen LogP contribution in [0.3, 0.4) is 0 Å². The first-order valence-electron chi connectivity index (χ1n) is 7.65. The zero-order valence-electron chi connectivity index (χ0n) is 13.6. The smallest absolute Gasteiger partial charge is 0.119 e. The molecule has 0 atom stereocenters. The number of hydrogen-bond donors (Lipinski definition) is 2. The van der Waals surface area contributed by atoms with Gasteiger partial charge in [-0.25, -0.2) is 0 Å². The number of aliphatic hydroxyl groups excluding tert-OH is 1. The molecule has 22 heavy (non-hydrogen) atoms. The maximum Gasteiger partial charge on any atom is 0.119 e. The minimum absolute atomic E-state index is 0.110. The molecule has 1 aromatic heterocycles. The van der Waals surface area contributed by atoms with E-state index in [4.69, 9.17) is 9.84 Å². The van der Waals surface area contributed by atoms with Gasteiger partial charge in [0.25, 0.3) is 0 Å². The lowest BCUT2D eigenvalue weighted by molar-refractivity contribution is 0.267. The van der Waals surface area contributed by atoms with E-state index in [0.717, 1.165) is 30.2 Å². The lowest BCUT2D eigenvalue weighted by atomic mass is 10.2. The Balaban J connectivity index is 1.77. The number of hydrogen-bond acceptors (Lipinski definition) is 4. The van der Waals surface area contributed by atoms with Crippen molar-refractivity contribution in [1.29, 1.82) is 0 Å². The highest BCUT2D eigenvalue weighted by molar-refractivity contribution is 5.27. The van der Waals surface area contributed by atoms with Crippen LogP contribution in [-0.2, 0) is 13.1 Å². The maximum atomic E-state index is 9.03. The highest BCUT2D eigenvalue weighted by Gasteiger charge is 2.10. The topological polar surface area (TPSA) is 59.3 Å². The zero-order chi connectivity index (χ0) is 15.9. The van der Waals surface area contributed by atoms with E-state index in [1.807, 2.05) is 36.7 Å². The minimum Gasteiger partial charge on any atom is -0.492 e. The molecule has 0 unspecified atom stereocenters. The second kappa shape index (κ2) is 7.96. The molecule has 0 aliphatic carbocycles. The summed E-state index contributed by atoms with van der Waals surface area (Å²) < 4.78 is 7.57. The van der Waals surface area contributed by atoms with E-state index in [0.29, 0.717) is 13.2 Å². The Labute approximate surface area is 131 Å². The molecule has 0 bridgehead atoms. The Morgan fingerprint density at radius 2 is 2.09 bits per heavy atom. The fourth-order valence-electron chi connectivity index (χ4n) is 2.46. The Morgan fingerprint density at radius 3 is 2.82 bits per heavy atom. The first-order valence-corrected chi connectivity index (χ1v) is 7.65. The molecule has 1 heterocycles. The minimum atomic E-state index is 0.110. The normalized spacial score (nSPS) is 10.9. The highest BCUT2D eigenvalue weighted by Crippen LogP contribution is 2.13. The monoisotopic (exact) mass is 303 g/mol. The molecule has 0 aliphatic heterocycles. The van der Waals surface area contributed by atoms with Crippen LogP contribution in [0.2, 0.25) is 0 Å². The summed E-state index contributed by atoms with van der Waals surface area (Å²) in [6.07, 6.45) is 0. The van der Waals surface area contributed by atoms with Crippen LogP contribution >= 0.6 is 0 Å². The Bertz CT molecular complexity index is 608. The molecule has 120 valence electrons. The number of benzene rings is 1. The average Bonchev–Trinajstić information content (AvgIpc) is 2.75. The van der Waals surface area contributed by atoms with E-state index in [-0.39, 0.29) is 6.61 Å². The van der Waals surface area contributed by atoms with Gasteiger partial charge in [0.1, 0.15) is 12.4 Å². The average molecular weight is 303 g/mol.